The number of rotatable bonds is 6. The van der Waals surface area contributed by atoms with Crippen LogP contribution in [0.5, 0.6) is 0 Å². The number of nitrogens with one attached hydrogen (secondary N) is 1. The number of anilines is 2. The second-order valence-corrected chi connectivity index (χ2v) is 9.11. The third-order valence-electron chi connectivity index (χ3n) is 6.70. The molecule has 7 heteroatoms. The first kappa shape index (κ1) is 25.0. The summed E-state index contributed by atoms with van der Waals surface area (Å²) < 4.78 is 5.18. The van der Waals surface area contributed by atoms with Crippen molar-refractivity contribution in [3.63, 3.8) is 0 Å². The number of amides is 2. The Bertz CT molecular complexity index is 1480. The largest absolute Gasteiger partial charge is 0.462 e. The van der Waals surface area contributed by atoms with Crippen LogP contribution in [0.2, 0.25) is 0 Å². The molecular weight excluding hydrogens is 478 g/mol. The van der Waals surface area contributed by atoms with Gasteiger partial charge in [0.15, 0.2) is 0 Å². The summed E-state index contributed by atoms with van der Waals surface area (Å²) in [5.41, 5.74) is 2.87. The molecule has 192 valence electrons. The SMILES string of the molecule is CCOC(=O)c1ccc(N2CCN(C(=O)c3ccccc3)CC2)c(NC(=O)c2ccc3ccccc3c2)c1. The Morgan fingerprint density at radius 1 is 0.737 bits per heavy atom. The van der Waals surface area contributed by atoms with Crippen LogP contribution in [-0.2, 0) is 4.74 Å². The fourth-order valence-electron chi connectivity index (χ4n) is 4.69. The predicted molar refractivity (Wildman–Crippen MR) is 149 cm³/mol. The van der Waals surface area contributed by atoms with Crippen molar-refractivity contribution in [2.75, 3.05) is 43.0 Å². The van der Waals surface area contributed by atoms with Gasteiger partial charge in [0.05, 0.1) is 23.5 Å². The number of benzene rings is 4. The van der Waals surface area contributed by atoms with Crippen molar-refractivity contribution in [2.24, 2.45) is 0 Å². The lowest BCUT2D eigenvalue weighted by molar-refractivity contribution is 0.0526. The van der Waals surface area contributed by atoms with E-state index in [0.717, 1.165) is 16.5 Å². The van der Waals surface area contributed by atoms with E-state index in [4.69, 9.17) is 4.74 Å². The van der Waals surface area contributed by atoms with E-state index in [9.17, 15) is 14.4 Å². The lowest BCUT2D eigenvalue weighted by Gasteiger charge is -2.37. The summed E-state index contributed by atoms with van der Waals surface area (Å²) in [6.45, 7) is 4.30. The first-order valence-electron chi connectivity index (χ1n) is 12.7. The number of esters is 1. The molecule has 1 fully saturated rings. The zero-order valence-corrected chi connectivity index (χ0v) is 21.2. The molecule has 0 aromatic heterocycles. The van der Waals surface area contributed by atoms with Crippen molar-refractivity contribution in [3.05, 3.63) is 108 Å². The van der Waals surface area contributed by atoms with Crippen molar-refractivity contribution in [2.45, 2.75) is 6.92 Å². The van der Waals surface area contributed by atoms with E-state index >= 15 is 0 Å². The minimum atomic E-state index is -0.446. The Balaban J connectivity index is 1.38. The van der Waals surface area contributed by atoms with Gasteiger partial charge in [0.1, 0.15) is 0 Å². The molecule has 0 aliphatic carbocycles. The van der Waals surface area contributed by atoms with Crippen LogP contribution in [0.3, 0.4) is 0 Å². The van der Waals surface area contributed by atoms with Gasteiger partial charge in [-0.1, -0.05) is 48.5 Å². The van der Waals surface area contributed by atoms with Gasteiger partial charge < -0.3 is 19.9 Å². The molecular formula is C31H29N3O4. The van der Waals surface area contributed by atoms with Gasteiger partial charge in [0.25, 0.3) is 11.8 Å². The fraction of sp³-hybridized carbons (Fsp3) is 0.194. The molecule has 4 aromatic carbocycles. The normalized spacial score (nSPS) is 13.3. The van der Waals surface area contributed by atoms with E-state index < -0.39 is 5.97 Å². The number of carbonyl (C=O) groups is 3. The van der Waals surface area contributed by atoms with Gasteiger partial charge in [-0.25, -0.2) is 4.79 Å². The van der Waals surface area contributed by atoms with Crippen LogP contribution in [0, 0.1) is 0 Å². The fourth-order valence-corrected chi connectivity index (χ4v) is 4.69. The van der Waals surface area contributed by atoms with E-state index in [0.29, 0.717) is 48.6 Å². The quantitative estimate of drug-likeness (QED) is 0.362. The first-order valence-corrected chi connectivity index (χ1v) is 12.7. The standard InChI is InChI=1S/C31H29N3O4/c1-2-38-31(37)26-14-15-28(33-16-18-34(19-17-33)30(36)23-9-4-3-5-10-23)27(21-26)32-29(35)25-13-12-22-8-6-7-11-24(22)20-25/h3-15,20-21H,2,16-19H2,1H3,(H,32,35). The zero-order valence-electron chi connectivity index (χ0n) is 21.2. The van der Waals surface area contributed by atoms with Crippen LogP contribution in [0.15, 0.2) is 91.0 Å². The highest BCUT2D eigenvalue weighted by molar-refractivity contribution is 6.08. The maximum atomic E-state index is 13.3. The lowest BCUT2D eigenvalue weighted by atomic mass is 10.1. The maximum Gasteiger partial charge on any atom is 0.338 e. The number of ether oxygens (including phenoxy) is 1. The highest BCUT2D eigenvalue weighted by atomic mass is 16.5. The molecule has 5 rings (SSSR count). The van der Waals surface area contributed by atoms with Gasteiger partial charge in [-0.3, -0.25) is 9.59 Å². The molecule has 0 atom stereocenters. The molecule has 0 spiro atoms. The molecule has 7 nitrogen and oxygen atoms in total. The number of fused-ring (bicyclic) bond motifs is 1. The Hall–Kier alpha value is -4.65. The van der Waals surface area contributed by atoms with Crippen molar-refractivity contribution < 1.29 is 19.1 Å². The lowest BCUT2D eigenvalue weighted by Crippen LogP contribution is -2.49. The second-order valence-electron chi connectivity index (χ2n) is 9.11. The molecule has 38 heavy (non-hydrogen) atoms. The topological polar surface area (TPSA) is 79.0 Å². The maximum absolute atomic E-state index is 13.3. The molecule has 0 unspecified atom stereocenters. The Labute approximate surface area is 221 Å². The smallest absolute Gasteiger partial charge is 0.338 e. The summed E-state index contributed by atoms with van der Waals surface area (Å²) in [7, 11) is 0. The highest BCUT2D eigenvalue weighted by Gasteiger charge is 2.25. The molecule has 1 aliphatic heterocycles. The number of hydrogen-bond acceptors (Lipinski definition) is 5. The molecule has 0 bridgehead atoms. The van der Waals surface area contributed by atoms with E-state index in [1.54, 1.807) is 25.1 Å². The number of piperazine rings is 1. The van der Waals surface area contributed by atoms with Crippen LogP contribution < -0.4 is 10.2 Å². The molecule has 1 N–H and O–H groups in total. The average molecular weight is 508 g/mol. The highest BCUT2D eigenvalue weighted by Crippen LogP contribution is 2.30. The van der Waals surface area contributed by atoms with Gasteiger partial charge in [0, 0.05) is 37.3 Å². The molecule has 2 amide bonds. The Morgan fingerprint density at radius 3 is 2.16 bits per heavy atom. The van der Waals surface area contributed by atoms with Gasteiger partial charge in [-0.15, -0.1) is 0 Å². The number of nitrogens with zero attached hydrogens (tertiary/aromatic N) is 2. The third kappa shape index (κ3) is 5.37. The Kier molecular flexibility index (Phi) is 7.35. The summed E-state index contributed by atoms with van der Waals surface area (Å²) >= 11 is 0. The van der Waals surface area contributed by atoms with Crippen molar-refractivity contribution in [1.82, 2.24) is 4.90 Å². The molecule has 4 aromatic rings. The summed E-state index contributed by atoms with van der Waals surface area (Å²) in [4.78, 5) is 42.6. The van der Waals surface area contributed by atoms with Gasteiger partial charge in [-0.2, -0.15) is 0 Å². The van der Waals surface area contributed by atoms with Crippen LogP contribution in [-0.4, -0.2) is 55.5 Å². The molecule has 0 saturated carbocycles. The van der Waals surface area contributed by atoms with E-state index in [1.165, 1.54) is 0 Å². The van der Waals surface area contributed by atoms with E-state index in [1.807, 2.05) is 77.7 Å². The zero-order chi connectivity index (χ0) is 26.5. The number of hydrogen-bond donors (Lipinski definition) is 1. The predicted octanol–water partition coefficient (Wildman–Crippen LogP) is 5.23. The minimum Gasteiger partial charge on any atom is -0.462 e. The van der Waals surface area contributed by atoms with Gasteiger partial charge in [0.2, 0.25) is 0 Å². The summed E-state index contributed by atoms with van der Waals surface area (Å²) in [5.74, 6) is -0.706. The number of carbonyl (C=O) groups excluding carboxylic acids is 3. The second kappa shape index (κ2) is 11.2. The van der Waals surface area contributed by atoms with Crippen molar-refractivity contribution in [1.29, 1.82) is 0 Å². The first-order chi connectivity index (χ1) is 18.5. The van der Waals surface area contributed by atoms with Gasteiger partial charge >= 0.3 is 5.97 Å². The molecule has 0 radical (unpaired) electrons. The summed E-state index contributed by atoms with van der Waals surface area (Å²) in [6, 6.07) is 27.9. The van der Waals surface area contributed by atoms with Crippen molar-refractivity contribution >= 4 is 39.9 Å². The molecule has 1 saturated heterocycles. The minimum absolute atomic E-state index is 0.00717. The monoisotopic (exact) mass is 507 g/mol. The van der Waals surface area contributed by atoms with Crippen LogP contribution >= 0.6 is 0 Å². The van der Waals surface area contributed by atoms with Crippen LogP contribution in [0.1, 0.15) is 38.0 Å². The molecule has 1 aliphatic rings. The third-order valence-corrected chi connectivity index (χ3v) is 6.70. The van der Waals surface area contributed by atoms with Crippen molar-refractivity contribution in [3.8, 4) is 0 Å². The van der Waals surface area contributed by atoms with E-state index in [2.05, 4.69) is 10.2 Å². The van der Waals surface area contributed by atoms with Crippen LogP contribution in [0.25, 0.3) is 10.8 Å². The summed E-state index contributed by atoms with van der Waals surface area (Å²) in [6.07, 6.45) is 0. The molecule has 1 heterocycles. The summed E-state index contributed by atoms with van der Waals surface area (Å²) in [5, 5.41) is 5.04. The Morgan fingerprint density at radius 2 is 1.42 bits per heavy atom. The van der Waals surface area contributed by atoms with Crippen LogP contribution in [0.4, 0.5) is 11.4 Å². The van der Waals surface area contributed by atoms with E-state index in [-0.39, 0.29) is 18.4 Å². The van der Waals surface area contributed by atoms with Gasteiger partial charge in [-0.05, 0) is 60.2 Å². The average Bonchev–Trinajstić information content (AvgIpc) is 2.97.